The number of aliphatic hydroxyl groups excluding tert-OH is 1. The molecular weight excluding hydrogens is 260 g/mol. The third-order valence-corrected chi connectivity index (χ3v) is 5.79. The monoisotopic (exact) mass is 286 g/mol. The van der Waals surface area contributed by atoms with E-state index in [9.17, 15) is 5.11 Å². The second kappa shape index (κ2) is 5.40. The van der Waals surface area contributed by atoms with Crippen molar-refractivity contribution in [2.75, 3.05) is 6.61 Å². The molecule has 0 amide bonds. The van der Waals surface area contributed by atoms with Crippen molar-refractivity contribution in [3.63, 3.8) is 0 Å². The van der Waals surface area contributed by atoms with Crippen LogP contribution in [0, 0.1) is 5.92 Å². The van der Waals surface area contributed by atoms with E-state index in [1.54, 1.807) is 0 Å². The minimum atomic E-state index is -0.315. The standard InChI is InChI=1S/C19H26O2/c20-18(16-5-3-4-15(12-16)14-6-7-14)17-8-11-21-19(13-17)9-1-2-10-19/h3-5,12,14,17-18,20H,1-2,6-11,13H2. The molecule has 2 aliphatic carbocycles. The van der Waals surface area contributed by atoms with E-state index < -0.39 is 0 Å². The van der Waals surface area contributed by atoms with Crippen molar-refractivity contribution in [2.45, 2.75) is 69.0 Å². The van der Waals surface area contributed by atoms with Crippen molar-refractivity contribution in [3.8, 4) is 0 Å². The van der Waals surface area contributed by atoms with E-state index in [2.05, 4.69) is 24.3 Å². The molecule has 114 valence electrons. The molecule has 2 unspecified atom stereocenters. The van der Waals surface area contributed by atoms with Gasteiger partial charge in [0.2, 0.25) is 0 Å². The summed E-state index contributed by atoms with van der Waals surface area (Å²) in [4.78, 5) is 0. The first-order valence-electron chi connectivity index (χ1n) is 8.68. The second-order valence-corrected chi connectivity index (χ2v) is 7.38. The molecule has 0 bridgehead atoms. The lowest BCUT2D eigenvalue weighted by Crippen LogP contribution is -2.39. The van der Waals surface area contributed by atoms with Gasteiger partial charge in [-0.2, -0.15) is 0 Å². The van der Waals surface area contributed by atoms with Crippen molar-refractivity contribution in [1.29, 1.82) is 0 Å². The maximum Gasteiger partial charge on any atom is 0.0820 e. The van der Waals surface area contributed by atoms with Crippen LogP contribution in [0.15, 0.2) is 24.3 Å². The van der Waals surface area contributed by atoms with E-state index in [0.717, 1.165) is 30.9 Å². The van der Waals surface area contributed by atoms with Gasteiger partial charge in [-0.1, -0.05) is 37.1 Å². The summed E-state index contributed by atoms with van der Waals surface area (Å²) < 4.78 is 6.10. The Hall–Kier alpha value is -0.860. The molecule has 4 rings (SSSR count). The maximum absolute atomic E-state index is 10.9. The lowest BCUT2D eigenvalue weighted by atomic mass is 9.79. The zero-order valence-corrected chi connectivity index (χ0v) is 12.8. The van der Waals surface area contributed by atoms with Crippen molar-refractivity contribution in [2.24, 2.45) is 5.92 Å². The highest BCUT2D eigenvalue weighted by Crippen LogP contribution is 2.46. The maximum atomic E-state index is 10.9. The zero-order chi connectivity index (χ0) is 14.3. The number of aliphatic hydroxyl groups is 1. The molecule has 3 fully saturated rings. The lowest BCUT2D eigenvalue weighted by Gasteiger charge is -2.40. The van der Waals surface area contributed by atoms with E-state index in [0.29, 0.717) is 5.92 Å². The van der Waals surface area contributed by atoms with Crippen LogP contribution in [0.1, 0.15) is 74.5 Å². The molecule has 0 radical (unpaired) electrons. The Bertz CT molecular complexity index is 500. The van der Waals surface area contributed by atoms with E-state index in [1.807, 2.05) is 0 Å². The summed E-state index contributed by atoms with van der Waals surface area (Å²) in [5, 5.41) is 10.9. The van der Waals surface area contributed by atoms with Gasteiger partial charge in [-0.05, 0) is 61.5 Å². The van der Waals surface area contributed by atoms with Gasteiger partial charge in [-0.25, -0.2) is 0 Å². The molecule has 2 atom stereocenters. The summed E-state index contributed by atoms with van der Waals surface area (Å²) in [5.41, 5.74) is 2.64. The Kier molecular flexibility index (Phi) is 3.55. The molecule has 1 aromatic rings. The largest absolute Gasteiger partial charge is 0.388 e. The number of benzene rings is 1. The topological polar surface area (TPSA) is 29.5 Å². The fraction of sp³-hybridized carbons (Fsp3) is 0.684. The molecule has 3 aliphatic rings. The molecule has 0 aromatic heterocycles. The van der Waals surface area contributed by atoms with Gasteiger partial charge in [0.25, 0.3) is 0 Å². The number of hydrogen-bond donors (Lipinski definition) is 1. The Labute approximate surface area is 127 Å². The SMILES string of the molecule is OC(c1cccc(C2CC2)c1)C1CCOC2(CCCC2)C1. The molecule has 21 heavy (non-hydrogen) atoms. The number of rotatable bonds is 3. The van der Waals surface area contributed by atoms with Gasteiger partial charge in [0.15, 0.2) is 0 Å². The van der Waals surface area contributed by atoms with E-state index in [4.69, 9.17) is 4.74 Å². The fourth-order valence-corrected chi connectivity index (χ4v) is 4.39. The summed E-state index contributed by atoms with van der Waals surface area (Å²) in [6.45, 7) is 0.823. The Morgan fingerprint density at radius 2 is 1.95 bits per heavy atom. The average Bonchev–Trinajstić information content (AvgIpc) is 3.29. The number of ether oxygens (including phenoxy) is 1. The normalized spacial score (nSPS) is 29.7. The first-order chi connectivity index (χ1) is 10.3. The molecular formula is C19H26O2. The van der Waals surface area contributed by atoms with Crippen LogP contribution in [0.2, 0.25) is 0 Å². The molecule has 2 saturated carbocycles. The summed E-state index contributed by atoms with van der Waals surface area (Å²) >= 11 is 0. The third-order valence-electron chi connectivity index (χ3n) is 5.79. The highest BCUT2D eigenvalue weighted by atomic mass is 16.5. The van der Waals surface area contributed by atoms with Crippen molar-refractivity contribution < 1.29 is 9.84 Å². The van der Waals surface area contributed by atoms with Crippen LogP contribution in [0.3, 0.4) is 0 Å². The van der Waals surface area contributed by atoms with Crippen molar-refractivity contribution in [1.82, 2.24) is 0 Å². The first-order valence-corrected chi connectivity index (χ1v) is 8.68. The van der Waals surface area contributed by atoms with Crippen LogP contribution < -0.4 is 0 Å². The van der Waals surface area contributed by atoms with Crippen LogP contribution >= 0.6 is 0 Å². The molecule has 1 saturated heterocycles. The fourth-order valence-electron chi connectivity index (χ4n) is 4.39. The van der Waals surface area contributed by atoms with Crippen LogP contribution in [-0.4, -0.2) is 17.3 Å². The van der Waals surface area contributed by atoms with Gasteiger partial charge >= 0.3 is 0 Å². The highest BCUT2D eigenvalue weighted by Gasteiger charge is 2.42. The second-order valence-electron chi connectivity index (χ2n) is 7.38. The predicted octanol–water partition coefficient (Wildman–Crippen LogP) is 4.34. The van der Waals surface area contributed by atoms with Crippen LogP contribution in [0.25, 0.3) is 0 Å². The predicted molar refractivity (Wildman–Crippen MR) is 83.3 cm³/mol. The average molecular weight is 286 g/mol. The molecule has 1 N–H and O–H groups in total. The molecule has 1 spiro atoms. The molecule has 2 nitrogen and oxygen atoms in total. The highest BCUT2D eigenvalue weighted by molar-refractivity contribution is 5.30. The minimum Gasteiger partial charge on any atom is -0.388 e. The molecule has 2 heteroatoms. The summed E-state index contributed by atoms with van der Waals surface area (Å²) in [7, 11) is 0. The molecule has 1 aromatic carbocycles. The Balaban J connectivity index is 1.50. The summed E-state index contributed by atoms with van der Waals surface area (Å²) in [6.07, 6.45) is 9.33. The van der Waals surface area contributed by atoms with E-state index in [-0.39, 0.29) is 11.7 Å². The first kappa shape index (κ1) is 13.8. The van der Waals surface area contributed by atoms with Gasteiger partial charge in [-0.3, -0.25) is 0 Å². The third kappa shape index (κ3) is 2.76. The summed E-state index contributed by atoms with van der Waals surface area (Å²) in [5.74, 6) is 1.12. The van der Waals surface area contributed by atoms with Crippen molar-refractivity contribution in [3.05, 3.63) is 35.4 Å². The number of hydrogen-bond acceptors (Lipinski definition) is 2. The van der Waals surface area contributed by atoms with Gasteiger partial charge in [0.05, 0.1) is 11.7 Å². The smallest absolute Gasteiger partial charge is 0.0820 e. The van der Waals surface area contributed by atoms with Gasteiger partial charge in [-0.15, -0.1) is 0 Å². The van der Waals surface area contributed by atoms with Crippen molar-refractivity contribution >= 4 is 0 Å². The Morgan fingerprint density at radius 3 is 2.71 bits per heavy atom. The van der Waals surface area contributed by atoms with Gasteiger partial charge < -0.3 is 9.84 Å². The zero-order valence-electron chi connectivity index (χ0n) is 12.8. The summed E-state index contributed by atoms with van der Waals surface area (Å²) in [6, 6.07) is 8.69. The lowest BCUT2D eigenvalue weighted by molar-refractivity contribution is -0.113. The minimum absolute atomic E-state index is 0.0952. The van der Waals surface area contributed by atoms with E-state index >= 15 is 0 Å². The van der Waals surface area contributed by atoms with Gasteiger partial charge in [0, 0.05) is 6.61 Å². The van der Waals surface area contributed by atoms with Crippen LogP contribution in [0.5, 0.6) is 0 Å². The molecule has 1 aliphatic heterocycles. The Morgan fingerprint density at radius 1 is 1.14 bits per heavy atom. The quantitative estimate of drug-likeness (QED) is 0.895. The molecule has 1 heterocycles. The van der Waals surface area contributed by atoms with Gasteiger partial charge in [0.1, 0.15) is 0 Å². The van der Waals surface area contributed by atoms with Crippen LogP contribution in [0.4, 0.5) is 0 Å². The van der Waals surface area contributed by atoms with Crippen LogP contribution in [-0.2, 0) is 4.74 Å². The van der Waals surface area contributed by atoms with E-state index in [1.165, 1.54) is 44.1 Å².